The Kier molecular flexibility index (Phi) is 3.76. The van der Waals surface area contributed by atoms with Gasteiger partial charge < -0.3 is 14.8 Å². The normalized spacial score (nSPS) is 30.5. The van der Waals surface area contributed by atoms with E-state index in [0.29, 0.717) is 24.4 Å². The number of rotatable bonds is 0. The number of piperidine rings is 1. The third-order valence-corrected chi connectivity index (χ3v) is 4.67. The lowest BCUT2D eigenvalue weighted by atomic mass is 9.79. The minimum absolute atomic E-state index is 0.142. The summed E-state index contributed by atoms with van der Waals surface area (Å²) < 4.78 is 11.2. The van der Waals surface area contributed by atoms with Gasteiger partial charge in [-0.15, -0.1) is 0 Å². The molecule has 3 rings (SSSR count). The molecule has 7 heteroatoms. The maximum Gasteiger partial charge on any atom is 0.424 e. The van der Waals surface area contributed by atoms with Crippen LogP contribution in [0.1, 0.15) is 46.5 Å². The summed E-state index contributed by atoms with van der Waals surface area (Å²) in [5, 5.41) is 3.28. The van der Waals surface area contributed by atoms with E-state index in [-0.39, 0.29) is 18.6 Å². The zero-order valence-corrected chi connectivity index (χ0v) is 13.9. The smallest absolute Gasteiger partial charge is 0.424 e. The summed E-state index contributed by atoms with van der Waals surface area (Å²) in [5.41, 5.74) is -1.78. The van der Waals surface area contributed by atoms with E-state index in [2.05, 4.69) is 5.32 Å². The van der Waals surface area contributed by atoms with Crippen LogP contribution in [0.15, 0.2) is 0 Å². The van der Waals surface area contributed by atoms with Crippen molar-refractivity contribution in [3.8, 4) is 0 Å². The van der Waals surface area contributed by atoms with Crippen LogP contribution < -0.4 is 5.32 Å². The zero-order chi connectivity index (χ0) is 16.9. The molecule has 2 spiro atoms. The van der Waals surface area contributed by atoms with Gasteiger partial charge in [0.2, 0.25) is 11.8 Å². The third-order valence-electron chi connectivity index (χ3n) is 4.67. The summed E-state index contributed by atoms with van der Waals surface area (Å²) in [7, 11) is 0. The molecular formula is C16H24N2O5. The van der Waals surface area contributed by atoms with Crippen LogP contribution >= 0.6 is 0 Å². The first-order valence-corrected chi connectivity index (χ1v) is 8.12. The number of amides is 3. The van der Waals surface area contributed by atoms with Gasteiger partial charge in [-0.05, 0) is 40.0 Å². The Morgan fingerprint density at radius 1 is 1.22 bits per heavy atom. The molecule has 1 N–H and O–H groups in total. The minimum Gasteiger partial charge on any atom is -0.443 e. The average molecular weight is 324 g/mol. The summed E-state index contributed by atoms with van der Waals surface area (Å²) >= 11 is 0. The second-order valence-corrected chi connectivity index (χ2v) is 7.87. The summed E-state index contributed by atoms with van der Waals surface area (Å²) in [6, 6.07) is 0. The molecule has 0 radical (unpaired) electrons. The topological polar surface area (TPSA) is 84.9 Å². The number of hydrogen-bond donors (Lipinski definition) is 1. The number of hydrogen-bond acceptors (Lipinski definition) is 6. The molecule has 0 bridgehead atoms. The van der Waals surface area contributed by atoms with Crippen molar-refractivity contribution < 1.29 is 23.9 Å². The summed E-state index contributed by atoms with van der Waals surface area (Å²) in [4.78, 5) is 38.0. The number of ether oxygens (including phenoxy) is 2. The Bertz CT molecular complexity index is 549. The monoisotopic (exact) mass is 324 g/mol. The number of nitrogens with zero attached hydrogens (tertiary/aromatic N) is 1. The van der Waals surface area contributed by atoms with Crippen molar-refractivity contribution in [1.82, 2.24) is 10.2 Å². The highest BCUT2D eigenvalue weighted by Gasteiger charge is 2.55. The van der Waals surface area contributed by atoms with Gasteiger partial charge in [0.15, 0.2) is 0 Å². The molecule has 128 valence electrons. The minimum atomic E-state index is -0.892. The molecule has 0 aromatic heterocycles. The van der Waals surface area contributed by atoms with Crippen molar-refractivity contribution in [2.45, 2.75) is 57.7 Å². The fraction of sp³-hybridized carbons (Fsp3) is 0.812. The number of nitrogens with one attached hydrogen (secondary N) is 1. The molecule has 1 unspecified atom stereocenters. The highest BCUT2D eigenvalue weighted by molar-refractivity contribution is 6.12. The Labute approximate surface area is 135 Å². The maximum atomic E-state index is 12.9. The molecule has 3 aliphatic rings. The van der Waals surface area contributed by atoms with Crippen LogP contribution in [-0.2, 0) is 19.1 Å². The lowest BCUT2D eigenvalue weighted by Gasteiger charge is -2.38. The first-order chi connectivity index (χ1) is 10.7. The van der Waals surface area contributed by atoms with Gasteiger partial charge in [-0.1, -0.05) is 0 Å². The van der Waals surface area contributed by atoms with E-state index < -0.39 is 28.9 Å². The van der Waals surface area contributed by atoms with Gasteiger partial charge in [0.1, 0.15) is 5.60 Å². The van der Waals surface area contributed by atoms with E-state index in [4.69, 9.17) is 9.47 Å². The molecular weight excluding hydrogens is 300 g/mol. The molecule has 2 saturated heterocycles. The third kappa shape index (κ3) is 3.12. The quantitative estimate of drug-likeness (QED) is 0.674. The molecule has 0 aromatic carbocycles. The first-order valence-electron chi connectivity index (χ1n) is 8.12. The van der Waals surface area contributed by atoms with Gasteiger partial charge in [-0.25, -0.2) is 4.79 Å². The fourth-order valence-electron chi connectivity index (χ4n) is 3.09. The van der Waals surface area contributed by atoms with E-state index in [9.17, 15) is 14.4 Å². The molecule has 1 atom stereocenters. The lowest BCUT2D eigenvalue weighted by molar-refractivity contribution is -0.159. The van der Waals surface area contributed by atoms with Crippen LogP contribution in [0.4, 0.5) is 4.79 Å². The largest absolute Gasteiger partial charge is 0.443 e. The molecule has 7 nitrogen and oxygen atoms in total. The van der Waals surface area contributed by atoms with Crippen LogP contribution in [0.25, 0.3) is 0 Å². The molecule has 2 heterocycles. The molecule has 3 amide bonds. The number of imide groups is 3. The molecule has 2 aliphatic heterocycles. The molecule has 3 fully saturated rings. The predicted octanol–water partition coefficient (Wildman–Crippen LogP) is 1.21. The van der Waals surface area contributed by atoms with Crippen molar-refractivity contribution in [2.75, 3.05) is 19.7 Å². The SMILES string of the molecule is CC(C)(C)OC(=O)N1C(=O)CCC2(CNCC3(CC3)OC2)C1=O. The first kappa shape index (κ1) is 16.4. The highest BCUT2D eigenvalue weighted by atomic mass is 16.6. The second kappa shape index (κ2) is 5.27. The summed E-state index contributed by atoms with van der Waals surface area (Å²) in [5.74, 6) is -1.01. The zero-order valence-electron chi connectivity index (χ0n) is 13.9. The number of likely N-dealkylation sites (tertiary alicyclic amines) is 1. The van der Waals surface area contributed by atoms with Crippen molar-refractivity contribution >= 4 is 17.9 Å². The predicted molar refractivity (Wildman–Crippen MR) is 80.5 cm³/mol. The van der Waals surface area contributed by atoms with Gasteiger partial charge in [-0.2, -0.15) is 4.90 Å². The van der Waals surface area contributed by atoms with Crippen LogP contribution in [-0.4, -0.2) is 53.7 Å². The van der Waals surface area contributed by atoms with Crippen LogP contribution in [0, 0.1) is 5.41 Å². The van der Waals surface area contributed by atoms with Crippen molar-refractivity contribution in [2.24, 2.45) is 5.41 Å². The van der Waals surface area contributed by atoms with E-state index >= 15 is 0 Å². The van der Waals surface area contributed by atoms with E-state index in [1.54, 1.807) is 20.8 Å². The Morgan fingerprint density at radius 2 is 1.91 bits per heavy atom. The fourth-order valence-corrected chi connectivity index (χ4v) is 3.09. The van der Waals surface area contributed by atoms with Crippen LogP contribution in [0.3, 0.4) is 0 Å². The van der Waals surface area contributed by atoms with E-state index in [1.807, 2.05) is 0 Å². The Balaban J connectivity index is 1.79. The van der Waals surface area contributed by atoms with E-state index in [1.165, 1.54) is 0 Å². The van der Waals surface area contributed by atoms with Gasteiger partial charge >= 0.3 is 6.09 Å². The van der Waals surface area contributed by atoms with Crippen LogP contribution in [0.5, 0.6) is 0 Å². The van der Waals surface area contributed by atoms with Crippen molar-refractivity contribution in [3.05, 3.63) is 0 Å². The van der Waals surface area contributed by atoms with Crippen molar-refractivity contribution in [1.29, 1.82) is 0 Å². The molecule has 1 aliphatic carbocycles. The van der Waals surface area contributed by atoms with Gasteiger partial charge in [0, 0.05) is 19.5 Å². The lowest BCUT2D eigenvalue weighted by Crippen LogP contribution is -2.58. The van der Waals surface area contributed by atoms with Gasteiger partial charge in [0.05, 0.1) is 17.6 Å². The highest BCUT2D eigenvalue weighted by Crippen LogP contribution is 2.44. The number of carbonyl (C=O) groups is 3. The summed E-state index contributed by atoms with van der Waals surface area (Å²) in [6.07, 6.45) is 1.62. The molecule has 23 heavy (non-hydrogen) atoms. The summed E-state index contributed by atoms with van der Waals surface area (Å²) in [6.45, 7) is 6.47. The van der Waals surface area contributed by atoms with E-state index in [0.717, 1.165) is 12.8 Å². The average Bonchev–Trinajstić information content (AvgIpc) is 3.21. The second-order valence-electron chi connectivity index (χ2n) is 7.87. The molecule has 1 saturated carbocycles. The van der Waals surface area contributed by atoms with Crippen LogP contribution in [0.2, 0.25) is 0 Å². The van der Waals surface area contributed by atoms with Gasteiger partial charge in [-0.3, -0.25) is 9.59 Å². The standard InChI is InChI=1S/C16H24N2O5/c1-14(2,3)23-13(21)18-11(19)4-5-15(12(18)20)8-17-9-16(6-7-16)22-10-15/h17H,4-10H2,1-3H3. The number of carbonyl (C=O) groups excluding carboxylic acids is 3. The van der Waals surface area contributed by atoms with Crippen molar-refractivity contribution in [3.63, 3.8) is 0 Å². The molecule has 0 aromatic rings. The van der Waals surface area contributed by atoms with Gasteiger partial charge in [0.25, 0.3) is 0 Å². The maximum absolute atomic E-state index is 12.9. The Hall–Kier alpha value is -1.47. The Morgan fingerprint density at radius 3 is 2.52 bits per heavy atom.